The number of nitrogens with zero attached hydrogens (tertiary/aromatic N) is 1. The summed E-state index contributed by atoms with van der Waals surface area (Å²) in [5.41, 5.74) is 0.493. The van der Waals surface area contributed by atoms with E-state index in [1.54, 1.807) is 29.0 Å². The number of H-pyrrole nitrogens is 1. The van der Waals surface area contributed by atoms with Crippen LogP contribution in [0.5, 0.6) is 0 Å². The highest BCUT2D eigenvalue weighted by atomic mass is 32.1. The second-order valence-electron chi connectivity index (χ2n) is 3.05. The molecule has 0 saturated carbocycles. The first-order chi connectivity index (χ1) is 7.22. The molecule has 0 aliphatic rings. The van der Waals surface area contributed by atoms with Gasteiger partial charge in [-0.1, -0.05) is 12.2 Å². The predicted octanol–water partition coefficient (Wildman–Crippen LogP) is 2.19. The van der Waals surface area contributed by atoms with E-state index in [1.165, 1.54) is 0 Å². The molecule has 0 amide bonds. The minimum atomic E-state index is -0.212. The van der Waals surface area contributed by atoms with Gasteiger partial charge >= 0.3 is 5.69 Å². The van der Waals surface area contributed by atoms with Crippen LogP contribution < -0.4 is 5.69 Å². The molecule has 0 saturated heterocycles. The van der Waals surface area contributed by atoms with Crippen molar-refractivity contribution < 1.29 is 4.42 Å². The second-order valence-corrected chi connectivity index (χ2v) is 3.49. The van der Waals surface area contributed by atoms with Crippen LogP contribution in [0.1, 0.15) is 6.92 Å². The fraction of sp³-hybridized carbons (Fsp3) is 0.200. The first kappa shape index (κ1) is 9.92. The molecule has 0 aliphatic carbocycles. The molecular weight excluding hydrogens is 212 g/mol. The van der Waals surface area contributed by atoms with Gasteiger partial charge in [0.1, 0.15) is 4.64 Å². The van der Waals surface area contributed by atoms with E-state index >= 15 is 0 Å². The van der Waals surface area contributed by atoms with Crippen molar-refractivity contribution in [2.45, 2.75) is 13.5 Å². The van der Waals surface area contributed by atoms with Gasteiger partial charge < -0.3 is 4.42 Å². The number of hydrogen-bond donors (Lipinski definition) is 1. The maximum absolute atomic E-state index is 11.6. The van der Waals surface area contributed by atoms with E-state index < -0.39 is 0 Å². The Labute approximate surface area is 91.2 Å². The Kier molecular flexibility index (Phi) is 2.55. The molecule has 2 rings (SSSR count). The second kappa shape index (κ2) is 3.86. The van der Waals surface area contributed by atoms with Crippen LogP contribution in [0.15, 0.2) is 33.7 Å². The van der Waals surface area contributed by atoms with Crippen LogP contribution in [0, 0.1) is 4.64 Å². The number of aromatic amines is 1. The van der Waals surface area contributed by atoms with Gasteiger partial charge in [0.05, 0.1) is 12.0 Å². The van der Waals surface area contributed by atoms with Gasteiger partial charge in [0.25, 0.3) is 0 Å². The molecule has 0 atom stereocenters. The van der Waals surface area contributed by atoms with Gasteiger partial charge in [0.2, 0.25) is 0 Å². The average molecular weight is 222 g/mol. The molecule has 15 heavy (non-hydrogen) atoms. The number of nitrogens with one attached hydrogen (secondary N) is 1. The summed E-state index contributed by atoms with van der Waals surface area (Å²) in [7, 11) is 0. The van der Waals surface area contributed by atoms with Crippen molar-refractivity contribution in [3.05, 3.63) is 39.6 Å². The summed E-state index contributed by atoms with van der Waals surface area (Å²) in [6, 6.07) is 5.30. The van der Waals surface area contributed by atoms with Crippen LogP contribution in [-0.2, 0) is 6.54 Å². The van der Waals surface area contributed by atoms with Crippen molar-refractivity contribution in [1.82, 2.24) is 9.55 Å². The molecule has 0 spiro atoms. The first-order valence-corrected chi connectivity index (χ1v) is 5.01. The summed E-state index contributed by atoms with van der Waals surface area (Å²) >= 11 is 4.96. The highest BCUT2D eigenvalue weighted by Gasteiger charge is 2.07. The van der Waals surface area contributed by atoms with Crippen LogP contribution in [0.25, 0.3) is 11.5 Å². The zero-order valence-electron chi connectivity index (χ0n) is 8.19. The largest absolute Gasteiger partial charge is 0.463 e. The summed E-state index contributed by atoms with van der Waals surface area (Å²) in [6.45, 7) is 2.46. The van der Waals surface area contributed by atoms with E-state index in [-0.39, 0.29) is 5.69 Å². The van der Waals surface area contributed by atoms with Gasteiger partial charge in [0.15, 0.2) is 5.76 Å². The van der Waals surface area contributed by atoms with Crippen LogP contribution in [0.2, 0.25) is 0 Å². The van der Waals surface area contributed by atoms with Crippen LogP contribution >= 0.6 is 12.2 Å². The molecule has 2 aromatic rings. The Hall–Kier alpha value is -1.62. The van der Waals surface area contributed by atoms with Crippen molar-refractivity contribution in [3.63, 3.8) is 0 Å². The Morgan fingerprint density at radius 1 is 1.60 bits per heavy atom. The predicted molar refractivity (Wildman–Crippen MR) is 59.3 cm³/mol. The fourth-order valence-electron chi connectivity index (χ4n) is 1.46. The van der Waals surface area contributed by atoms with Crippen LogP contribution in [0.4, 0.5) is 0 Å². The maximum atomic E-state index is 11.6. The minimum Gasteiger partial charge on any atom is -0.463 e. The molecule has 0 radical (unpaired) electrons. The van der Waals surface area contributed by atoms with Crippen molar-refractivity contribution in [1.29, 1.82) is 0 Å². The lowest BCUT2D eigenvalue weighted by Crippen LogP contribution is -2.23. The number of hydrogen-bond acceptors (Lipinski definition) is 3. The summed E-state index contributed by atoms with van der Waals surface area (Å²) in [4.78, 5) is 14.2. The number of aromatic nitrogens is 2. The van der Waals surface area contributed by atoms with Crippen molar-refractivity contribution in [2.75, 3.05) is 0 Å². The van der Waals surface area contributed by atoms with Gasteiger partial charge in [-0.2, -0.15) is 0 Å². The van der Waals surface area contributed by atoms with Gasteiger partial charge in [0, 0.05) is 12.6 Å². The molecule has 78 valence electrons. The van der Waals surface area contributed by atoms with E-state index in [0.29, 0.717) is 22.6 Å². The SMILES string of the molecule is CCn1c(-c2ccco2)cc(=S)[nH]c1=O. The molecule has 0 aromatic carbocycles. The van der Waals surface area contributed by atoms with Crippen molar-refractivity contribution in [2.24, 2.45) is 0 Å². The minimum absolute atomic E-state index is 0.212. The highest BCUT2D eigenvalue weighted by Crippen LogP contribution is 2.17. The quantitative estimate of drug-likeness (QED) is 0.792. The molecule has 0 aliphatic heterocycles. The molecule has 2 heterocycles. The lowest BCUT2D eigenvalue weighted by atomic mass is 10.3. The molecule has 4 nitrogen and oxygen atoms in total. The summed E-state index contributed by atoms with van der Waals surface area (Å²) in [6.07, 6.45) is 1.57. The molecular formula is C10H10N2O2S. The monoisotopic (exact) mass is 222 g/mol. The lowest BCUT2D eigenvalue weighted by molar-refractivity contribution is 0.568. The third kappa shape index (κ3) is 1.78. The zero-order chi connectivity index (χ0) is 10.8. The topological polar surface area (TPSA) is 50.9 Å². The lowest BCUT2D eigenvalue weighted by Gasteiger charge is -2.07. The maximum Gasteiger partial charge on any atom is 0.327 e. The molecule has 0 unspecified atom stereocenters. The van der Waals surface area contributed by atoms with E-state index in [4.69, 9.17) is 16.6 Å². The van der Waals surface area contributed by atoms with Crippen LogP contribution in [0.3, 0.4) is 0 Å². The molecule has 0 bridgehead atoms. The Bertz CT molecular complexity index is 566. The van der Waals surface area contributed by atoms with Crippen molar-refractivity contribution in [3.8, 4) is 11.5 Å². The Morgan fingerprint density at radius 3 is 3.00 bits per heavy atom. The third-order valence-corrected chi connectivity index (χ3v) is 2.34. The standard InChI is InChI=1S/C10H10N2O2S/c1-2-12-7(8-4-3-5-14-8)6-9(15)11-10(12)13/h3-6H,2H2,1H3,(H,11,13,15). The first-order valence-electron chi connectivity index (χ1n) is 4.60. The van der Waals surface area contributed by atoms with E-state index in [1.807, 2.05) is 6.92 Å². The third-order valence-electron chi connectivity index (χ3n) is 2.12. The van der Waals surface area contributed by atoms with E-state index in [0.717, 1.165) is 0 Å². The Balaban J connectivity index is 2.75. The number of rotatable bonds is 2. The highest BCUT2D eigenvalue weighted by molar-refractivity contribution is 7.71. The normalized spacial score (nSPS) is 10.5. The van der Waals surface area contributed by atoms with Crippen molar-refractivity contribution >= 4 is 12.2 Å². The van der Waals surface area contributed by atoms with Gasteiger partial charge in [-0.25, -0.2) is 4.79 Å². The van der Waals surface area contributed by atoms with Gasteiger partial charge in [-0.05, 0) is 19.1 Å². The number of furan rings is 1. The molecule has 5 heteroatoms. The molecule has 0 fully saturated rings. The van der Waals surface area contributed by atoms with Gasteiger partial charge in [-0.3, -0.25) is 9.55 Å². The average Bonchev–Trinajstić information content (AvgIpc) is 2.69. The van der Waals surface area contributed by atoms with E-state index in [2.05, 4.69) is 4.98 Å². The summed E-state index contributed by atoms with van der Waals surface area (Å²) in [5.74, 6) is 0.647. The zero-order valence-corrected chi connectivity index (χ0v) is 9.00. The fourth-order valence-corrected chi connectivity index (χ4v) is 1.66. The molecule has 1 N–H and O–H groups in total. The smallest absolute Gasteiger partial charge is 0.327 e. The van der Waals surface area contributed by atoms with Gasteiger partial charge in [-0.15, -0.1) is 0 Å². The molecule has 2 aromatic heterocycles. The van der Waals surface area contributed by atoms with Crippen LogP contribution in [-0.4, -0.2) is 9.55 Å². The Morgan fingerprint density at radius 2 is 2.40 bits per heavy atom. The van der Waals surface area contributed by atoms with E-state index in [9.17, 15) is 4.79 Å². The summed E-state index contributed by atoms with van der Waals surface area (Å²) < 4.78 is 7.24. The summed E-state index contributed by atoms with van der Waals surface area (Å²) in [5, 5.41) is 0.